The van der Waals surface area contributed by atoms with Gasteiger partial charge in [0, 0.05) is 0 Å². The van der Waals surface area contributed by atoms with Crippen LogP contribution in [0.15, 0.2) is 0 Å². The molecule has 0 atom stereocenters. The Morgan fingerprint density at radius 1 is 0.667 bits per heavy atom. The maximum atomic E-state index is 4.14. The van der Waals surface area contributed by atoms with E-state index in [-0.39, 0.29) is 0 Å². The number of aromatic nitrogens is 3. The first kappa shape index (κ1) is 11.7. The Hall–Kier alpha value is -1.38. The molecular weight excluding hydrogens is 186 g/mol. The molecule has 0 aliphatic carbocycles. The molecule has 0 bridgehead atoms. The Morgan fingerprint density at radius 3 is 1.33 bits per heavy atom. The summed E-state index contributed by atoms with van der Waals surface area (Å²) in [7, 11) is 0. The van der Waals surface area contributed by atoms with E-state index in [0.717, 1.165) is 11.0 Å². The molecule has 0 saturated heterocycles. The quantitative estimate of drug-likeness (QED) is 0.717. The first-order valence-corrected chi connectivity index (χ1v) is 5.39. The van der Waals surface area contributed by atoms with Crippen LogP contribution in [0.4, 0.5) is 0 Å². The predicted molar refractivity (Wildman–Crippen MR) is 64.2 cm³/mol. The van der Waals surface area contributed by atoms with E-state index in [0.29, 0.717) is 0 Å². The Kier molecular flexibility index (Phi) is 3.45. The molecule has 0 aliphatic heterocycles. The number of rotatable bonds is 0. The Balaban J connectivity index is 0.000000531. The molecule has 3 heteroatoms. The Labute approximate surface area is 90.9 Å². The molecule has 2 aromatic rings. The summed E-state index contributed by atoms with van der Waals surface area (Å²) in [5.41, 5.74) is 7.10. The second kappa shape index (κ2) is 4.43. The highest BCUT2D eigenvalue weighted by atomic mass is 15.3. The van der Waals surface area contributed by atoms with Gasteiger partial charge in [-0.15, -0.1) is 0 Å². The average Bonchev–Trinajstić information content (AvgIpc) is 2.75. The van der Waals surface area contributed by atoms with Crippen LogP contribution in [0.2, 0.25) is 0 Å². The van der Waals surface area contributed by atoms with Crippen molar-refractivity contribution >= 4 is 11.0 Å². The normalized spacial score (nSPS) is 10.0. The number of hydrogen-bond donors (Lipinski definition) is 1. The van der Waals surface area contributed by atoms with E-state index < -0.39 is 0 Å². The van der Waals surface area contributed by atoms with Gasteiger partial charge in [0.1, 0.15) is 11.0 Å². The van der Waals surface area contributed by atoms with Gasteiger partial charge >= 0.3 is 0 Å². The molecule has 1 heterocycles. The van der Waals surface area contributed by atoms with Crippen LogP contribution in [0, 0.1) is 27.7 Å². The molecule has 82 valence electrons. The molecule has 1 aromatic carbocycles. The summed E-state index contributed by atoms with van der Waals surface area (Å²) in [6.07, 6.45) is 0. The fourth-order valence-corrected chi connectivity index (χ4v) is 1.67. The maximum Gasteiger partial charge on any atom is 0.116 e. The zero-order valence-corrected chi connectivity index (χ0v) is 10.4. The monoisotopic (exact) mass is 205 g/mol. The van der Waals surface area contributed by atoms with Crippen molar-refractivity contribution in [2.75, 3.05) is 0 Å². The van der Waals surface area contributed by atoms with E-state index in [1.807, 2.05) is 13.8 Å². The van der Waals surface area contributed by atoms with Crippen molar-refractivity contribution in [2.45, 2.75) is 41.5 Å². The summed E-state index contributed by atoms with van der Waals surface area (Å²) >= 11 is 0. The lowest BCUT2D eigenvalue weighted by molar-refractivity contribution is 0.957. The molecule has 0 aliphatic rings. The number of benzene rings is 1. The summed E-state index contributed by atoms with van der Waals surface area (Å²) in [6.45, 7) is 12.4. The molecular formula is C12H19N3. The molecule has 0 radical (unpaired) electrons. The molecule has 0 saturated carbocycles. The molecule has 0 unspecified atom stereocenters. The smallest absolute Gasteiger partial charge is 0.116 e. The lowest BCUT2D eigenvalue weighted by Gasteiger charge is -2.07. The number of H-pyrrole nitrogens is 1. The number of aryl methyl sites for hydroxylation is 2. The van der Waals surface area contributed by atoms with E-state index in [1.165, 1.54) is 22.3 Å². The van der Waals surface area contributed by atoms with E-state index in [1.54, 1.807) is 0 Å². The molecule has 0 amide bonds. The first-order valence-electron chi connectivity index (χ1n) is 5.39. The van der Waals surface area contributed by atoms with Crippen molar-refractivity contribution in [1.29, 1.82) is 0 Å². The van der Waals surface area contributed by atoms with E-state index in [9.17, 15) is 0 Å². The standard InChI is InChI=1S/C10H13N3.C2H6/c1-5-6(2)8(4)10-9(7(5)3)11-13-12-10;1-2/h1-4H3,(H,11,12,13);1-2H3. The number of nitrogens with one attached hydrogen (secondary N) is 1. The minimum Gasteiger partial charge on any atom is -0.197 e. The van der Waals surface area contributed by atoms with Gasteiger partial charge in [0.05, 0.1) is 0 Å². The van der Waals surface area contributed by atoms with Crippen molar-refractivity contribution < 1.29 is 0 Å². The minimum atomic E-state index is 1.00. The van der Waals surface area contributed by atoms with E-state index >= 15 is 0 Å². The van der Waals surface area contributed by atoms with Crippen LogP contribution in [0.25, 0.3) is 11.0 Å². The fourth-order valence-electron chi connectivity index (χ4n) is 1.67. The topological polar surface area (TPSA) is 41.6 Å². The average molecular weight is 205 g/mol. The number of nitrogens with zero attached hydrogens (tertiary/aromatic N) is 2. The van der Waals surface area contributed by atoms with Crippen LogP contribution < -0.4 is 0 Å². The highest BCUT2D eigenvalue weighted by molar-refractivity contribution is 5.83. The third-order valence-corrected chi connectivity index (χ3v) is 2.95. The number of aromatic amines is 1. The Bertz CT molecular complexity index is 427. The van der Waals surface area contributed by atoms with Crippen LogP contribution in [-0.4, -0.2) is 15.4 Å². The number of hydrogen-bond acceptors (Lipinski definition) is 2. The van der Waals surface area contributed by atoms with Gasteiger partial charge in [-0.3, -0.25) is 0 Å². The van der Waals surface area contributed by atoms with Gasteiger partial charge in [0.2, 0.25) is 0 Å². The largest absolute Gasteiger partial charge is 0.197 e. The van der Waals surface area contributed by atoms with Gasteiger partial charge in [-0.2, -0.15) is 15.4 Å². The molecule has 3 nitrogen and oxygen atoms in total. The second-order valence-corrected chi connectivity index (χ2v) is 3.52. The van der Waals surface area contributed by atoms with Gasteiger partial charge in [-0.25, -0.2) is 0 Å². The zero-order valence-electron chi connectivity index (χ0n) is 10.4. The van der Waals surface area contributed by atoms with Crippen molar-refractivity contribution in [1.82, 2.24) is 15.4 Å². The summed E-state index contributed by atoms with van der Waals surface area (Å²) < 4.78 is 0. The summed E-state index contributed by atoms with van der Waals surface area (Å²) in [4.78, 5) is 0. The van der Waals surface area contributed by atoms with Crippen molar-refractivity contribution in [3.05, 3.63) is 22.3 Å². The van der Waals surface area contributed by atoms with E-state index in [4.69, 9.17) is 0 Å². The maximum absolute atomic E-state index is 4.14. The van der Waals surface area contributed by atoms with Crippen LogP contribution in [0.5, 0.6) is 0 Å². The first-order chi connectivity index (χ1) is 7.13. The van der Waals surface area contributed by atoms with Crippen LogP contribution >= 0.6 is 0 Å². The molecule has 1 aromatic heterocycles. The molecule has 0 spiro atoms. The lowest BCUT2D eigenvalue weighted by atomic mass is 9.98. The van der Waals surface area contributed by atoms with Gasteiger partial charge < -0.3 is 0 Å². The van der Waals surface area contributed by atoms with E-state index in [2.05, 4.69) is 43.1 Å². The molecule has 15 heavy (non-hydrogen) atoms. The molecule has 1 N–H and O–H groups in total. The summed E-state index contributed by atoms with van der Waals surface area (Å²) in [6, 6.07) is 0. The van der Waals surface area contributed by atoms with Crippen LogP contribution in [0.1, 0.15) is 36.1 Å². The fraction of sp³-hybridized carbons (Fsp3) is 0.500. The number of fused-ring (bicyclic) bond motifs is 1. The van der Waals surface area contributed by atoms with Crippen LogP contribution in [-0.2, 0) is 0 Å². The van der Waals surface area contributed by atoms with Gasteiger partial charge in [-0.1, -0.05) is 13.8 Å². The zero-order chi connectivity index (χ0) is 11.6. The van der Waals surface area contributed by atoms with Crippen LogP contribution in [0.3, 0.4) is 0 Å². The lowest BCUT2D eigenvalue weighted by Crippen LogP contribution is -1.92. The summed E-state index contributed by atoms with van der Waals surface area (Å²) in [5.74, 6) is 0. The van der Waals surface area contributed by atoms with Crippen molar-refractivity contribution in [3.63, 3.8) is 0 Å². The Morgan fingerprint density at radius 2 is 1.00 bits per heavy atom. The third-order valence-electron chi connectivity index (χ3n) is 2.95. The summed E-state index contributed by atoms with van der Waals surface area (Å²) in [5, 5.41) is 11.0. The third kappa shape index (κ3) is 1.74. The molecule has 2 rings (SSSR count). The highest BCUT2D eigenvalue weighted by Gasteiger charge is 2.11. The second-order valence-electron chi connectivity index (χ2n) is 3.52. The van der Waals surface area contributed by atoms with Gasteiger partial charge in [0.15, 0.2) is 0 Å². The molecule has 0 fully saturated rings. The minimum absolute atomic E-state index is 1.00. The van der Waals surface area contributed by atoms with Crippen molar-refractivity contribution in [2.24, 2.45) is 0 Å². The van der Waals surface area contributed by atoms with Gasteiger partial charge in [0.25, 0.3) is 0 Å². The SMILES string of the molecule is CC.Cc1c(C)c(C)c2n[nH]nc2c1C. The predicted octanol–water partition coefficient (Wildman–Crippen LogP) is 3.22. The highest BCUT2D eigenvalue weighted by Crippen LogP contribution is 2.25. The van der Waals surface area contributed by atoms with Crippen molar-refractivity contribution in [3.8, 4) is 0 Å². The van der Waals surface area contributed by atoms with Gasteiger partial charge in [-0.05, 0) is 49.9 Å².